The van der Waals surface area contributed by atoms with E-state index < -0.39 is 10.0 Å². The molecule has 3 aromatic rings. The molecule has 32 heavy (non-hydrogen) atoms. The molecule has 0 aliphatic heterocycles. The normalized spacial score (nSPS) is 11.0. The monoisotopic (exact) mass is 451 g/mol. The first kappa shape index (κ1) is 23.2. The molecule has 8 heteroatoms. The average molecular weight is 452 g/mol. The van der Waals surface area contributed by atoms with E-state index in [0.29, 0.717) is 17.8 Å². The number of hydrogen-bond acceptors (Lipinski definition) is 4. The van der Waals surface area contributed by atoms with Gasteiger partial charge in [0.2, 0.25) is 21.8 Å². The van der Waals surface area contributed by atoms with Crippen molar-refractivity contribution in [2.24, 2.45) is 0 Å². The maximum absolute atomic E-state index is 12.5. The van der Waals surface area contributed by atoms with Crippen molar-refractivity contribution in [2.45, 2.75) is 31.2 Å². The lowest BCUT2D eigenvalue weighted by molar-refractivity contribution is -0.116. The molecule has 0 atom stereocenters. The van der Waals surface area contributed by atoms with Crippen LogP contribution >= 0.6 is 0 Å². The molecule has 0 bridgehead atoms. The van der Waals surface area contributed by atoms with Gasteiger partial charge < -0.3 is 10.6 Å². The minimum Gasteiger partial charge on any atom is -0.326 e. The van der Waals surface area contributed by atoms with Crippen molar-refractivity contribution in [1.29, 1.82) is 0 Å². The summed E-state index contributed by atoms with van der Waals surface area (Å²) in [6.45, 7) is 1.65. The summed E-state index contributed by atoms with van der Waals surface area (Å²) in [6.07, 6.45) is 0.735. The molecule has 0 aliphatic rings. The highest BCUT2D eigenvalue weighted by Gasteiger charge is 2.13. The highest BCUT2D eigenvalue weighted by Crippen LogP contribution is 2.15. The van der Waals surface area contributed by atoms with Crippen molar-refractivity contribution in [2.75, 3.05) is 10.6 Å². The van der Waals surface area contributed by atoms with Gasteiger partial charge in [0.15, 0.2) is 0 Å². The second-order valence-corrected chi connectivity index (χ2v) is 9.03. The van der Waals surface area contributed by atoms with Gasteiger partial charge in [0.05, 0.1) is 4.90 Å². The van der Waals surface area contributed by atoms with E-state index in [9.17, 15) is 18.0 Å². The molecule has 7 nitrogen and oxygen atoms in total. The fourth-order valence-corrected chi connectivity index (χ4v) is 4.03. The Kier molecular flexibility index (Phi) is 7.75. The van der Waals surface area contributed by atoms with Gasteiger partial charge in [0.25, 0.3) is 0 Å². The number of nitrogens with one attached hydrogen (secondary N) is 3. The van der Waals surface area contributed by atoms with E-state index in [1.165, 1.54) is 6.92 Å². The highest BCUT2D eigenvalue weighted by atomic mass is 32.2. The molecule has 0 unspecified atom stereocenters. The fourth-order valence-electron chi connectivity index (χ4n) is 3.01. The van der Waals surface area contributed by atoms with E-state index in [0.717, 1.165) is 11.1 Å². The molecule has 0 saturated carbocycles. The predicted molar refractivity (Wildman–Crippen MR) is 125 cm³/mol. The van der Waals surface area contributed by atoms with Crippen LogP contribution in [0.3, 0.4) is 0 Å². The van der Waals surface area contributed by atoms with Crippen LogP contribution in [0.2, 0.25) is 0 Å². The lowest BCUT2D eigenvalue weighted by atomic mass is 10.1. The van der Waals surface area contributed by atoms with Crippen LogP contribution in [0.15, 0.2) is 83.8 Å². The molecular formula is C24H25N3O4S. The fraction of sp³-hybridized carbons (Fsp3) is 0.167. The Balaban J connectivity index is 1.49. The number of sulfonamides is 1. The third-order valence-electron chi connectivity index (χ3n) is 4.67. The van der Waals surface area contributed by atoms with Crippen molar-refractivity contribution >= 4 is 33.2 Å². The number of anilines is 2. The molecule has 0 saturated heterocycles. The second kappa shape index (κ2) is 10.7. The molecule has 3 rings (SSSR count). The van der Waals surface area contributed by atoms with E-state index in [1.807, 2.05) is 30.3 Å². The maximum Gasteiger partial charge on any atom is 0.240 e. The van der Waals surface area contributed by atoms with Crippen molar-refractivity contribution in [3.8, 4) is 0 Å². The van der Waals surface area contributed by atoms with Gasteiger partial charge >= 0.3 is 0 Å². The highest BCUT2D eigenvalue weighted by molar-refractivity contribution is 7.89. The van der Waals surface area contributed by atoms with Crippen LogP contribution in [0.25, 0.3) is 0 Å². The summed E-state index contributed by atoms with van der Waals surface area (Å²) in [5.41, 5.74) is 3.03. The second-order valence-electron chi connectivity index (χ2n) is 7.26. The number of benzene rings is 3. The topological polar surface area (TPSA) is 104 Å². The first-order chi connectivity index (χ1) is 15.3. The summed E-state index contributed by atoms with van der Waals surface area (Å²) in [6, 6.07) is 22.7. The lowest BCUT2D eigenvalue weighted by Gasteiger charge is -2.09. The Morgan fingerprint density at radius 2 is 1.34 bits per heavy atom. The molecular weight excluding hydrogens is 426 g/mol. The van der Waals surface area contributed by atoms with E-state index in [1.54, 1.807) is 48.5 Å². The number of rotatable bonds is 9. The SMILES string of the molecule is CC(=O)Nc1ccc(NC(=O)CCc2ccc(S(=O)(=O)NCc3ccccc3)cc2)cc1. The maximum atomic E-state index is 12.5. The van der Waals surface area contributed by atoms with Gasteiger partial charge in [-0.05, 0) is 53.9 Å². The van der Waals surface area contributed by atoms with Crippen molar-refractivity contribution in [3.05, 3.63) is 90.0 Å². The summed E-state index contributed by atoms with van der Waals surface area (Å²) < 4.78 is 27.5. The first-order valence-corrected chi connectivity index (χ1v) is 11.6. The Morgan fingerprint density at radius 3 is 1.94 bits per heavy atom. The first-order valence-electron chi connectivity index (χ1n) is 10.1. The largest absolute Gasteiger partial charge is 0.326 e. The van der Waals surface area contributed by atoms with Crippen LogP contribution in [0.5, 0.6) is 0 Å². The van der Waals surface area contributed by atoms with Crippen LogP contribution in [0, 0.1) is 0 Å². The zero-order valence-electron chi connectivity index (χ0n) is 17.7. The minimum atomic E-state index is -3.61. The molecule has 0 radical (unpaired) electrons. The van der Waals surface area contributed by atoms with Gasteiger partial charge in [-0.1, -0.05) is 42.5 Å². The van der Waals surface area contributed by atoms with E-state index in [4.69, 9.17) is 0 Å². The Hall–Kier alpha value is -3.49. The number of carbonyl (C=O) groups excluding carboxylic acids is 2. The summed E-state index contributed by atoms with van der Waals surface area (Å²) >= 11 is 0. The third kappa shape index (κ3) is 7.04. The molecule has 3 aromatic carbocycles. The van der Waals surface area contributed by atoms with Gasteiger partial charge in [-0.2, -0.15) is 0 Å². The van der Waals surface area contributed by atoms with Gasteiger partial charge in [-0.25, -0.2) is 13.1 Å². The smallest absolute Gasteiger partial charge is 0.240 e. The Labute approximate surface area is 187 Å². The molecule has 0 spiro atoms. The van der Waals surface area contributed by atoms with Crippen molar-refractivity contribution in [1.82, 2.24) is 4.72 Å². The molecule has 0 heterocycles. The van der Waals surface area contributed by atoms with E-state index >= 15 is 0 Å². The van der Waals surface area contributed by atoms with Gasteiger partial charge in [0, 0.05) is 31.3 Å². The standard InChI is InChI=1S/C24H25N3O4S/c1-18(28)26-21-10-12-22(13-11-21)27-24(29)16-9-19-7-14-23(15-8-19)32(30,31)25-17-20-5-3-2-4-6-20/h2-8,10-15,25H,9,16-17H2,1H3,(H,26,28)(H,27,29). The van der Waals surface area contributed by atoms with Crippen LogP contribution in [0.4, 0.5) is 11.4 Å². The quantitative estimate of drug-likeness (QED) is 0.461. The third-order valence-corrected chi connectivity index (χ3v) is 6.09. The Morgan fingerprint density at radius 1 is 0.750 bits per heavy atom. The molecule has 3 N–H and O–H groups in total. The van der Waals surface area contributed by atoms with E-state index in [2.05, 4.69) is 15.4 Å². The number of hydrogen-bond donors (Lipinski definition) is 3. The molecule has 2 amide bonds. The number of aryl methyl sites for hydroxylation is 1. The molecule has 0 fully saturated rings. The molecule has 0 aromatic heterocycles. The summed E-state index contributed by atoms with van der Waals surface area (Å²) in [4.78, 5) is 23.4. The van der Waals surface area contributed by atoms with Gasteiger partial charge in [-0.15, -0.1) is 0 Å². The molecule has 0 aliphatic carbocycles. The minimum absolute atomic E-state index is 0.154. The van der Waals surface area contributed by atoms with Gasteiger partial charge in [-0.3, -0.25) is 9.59 Å². The number of amides is 2. The molecule has 166 valence electrons. The summed E-state index contributed by atoms with van der Waals surface area (Å²) in [7, 11) is -3.61. The predicted octanol–water partition coefficient (Wildman–Crippen LogP) is 3.69. The van der Waals surface area contributed by atoms with Crippen LogP contribution in [0.1, 0.15) is 24.5 Å². The van der Waals surface area contributed by atoms with Crippen molar-refractivity contribution in [3.63, 3.8) is 0 Å². The zero-order valence-corrected chi connectivity index (χ0v) is 18.5. The van der Waals surface area contributed by atoms with E-state index in [-0.39, 0.29) is 29.7 Å². The average Bonchev–Trinajstić information content (AvgIpc) is 2.78. The summed E-state index contributed by atoms with van der Waals surface area (Å²) in [5, 5.41) is 5.47. The van der Waals surface area contributed by atoms with Crippen LogP contribution in [-0.2, 0) is 32.6 Å². The van der Waals surface area contributed by atoms with Gasteiger partial charge in [0.1, 0.15) is 0 Å². The zero-order chi connectivity index (χ0) is 23.0. The van der Waals surface area contributed by atoms with Crippen LogP contribution < -0.4 is 15.4 Å². The summed E-state index contributed by atoms with van der Waals surface area (Å²) in [5.74, 6) is -0.314. The van der Waals surface area contributed by atoms with Crippen molar-refractivity contribution < 1.29 is 18.0 Å². The lowest BCUT2D eigenvalue weighted by Crippen LogP contribution is -2.23. The number of carbonyl (C=O) groups is 2. The van der Waals surface area contributed by atoms with Crippen LogP contribution in [-0.4, -0.2) is 20.2 Å². The Bertz CT molecular complexity index is 1160.